The molecule has 2 aliphatic carbocycles. The van der Waals surface area contributed by atoms with Gasteiger partial charge in [0, 0.05) is 13.0 Å². The van der Waals surface area contributed by atoms with Crippen LogP contribution in [0.15, 0.2) is 24.3 Å². The predicted octanol–water partition coefficient (Wildman–Crippen LogP) is 2.68. The van der Waals surface area contributed by atoms with Gasteiger partial charge in [-0.25, -0.2) is 0 Å². The fraction of sp³-hybridized carbons (Fsp3) is 0.579. The average molecular weight is 331 g/mol. The molecule has 5 heteroatoms. The molecule has 1 aromatic rings. The molecule has 0 spiro atoms. The van der Waals surface area contributed by atoms with Crippen LogP contribution in [0.1, 0.15) is 37.7 Å². The standard InChI is InChI=1S/C19H25NO4/c1-23-17-4-2-3-14(9-17)11-20-18(21)12-24-19(22)10-16-8-13-5-6-15(16)7-13/h2-4,9,13,15-16H,5-8,10-12H2,1H3,(H,20,21)/t13-,15-,16+/m1/s1. The molecule has 3 rings (SSSR count). The van der Waals surface area contributed by atoms with Crippen molar-refractivity contribution in [2.45, 2.75) is 38.6 Å². The van der Waals surface area contributed by atoms with Crippen molar-refractivity contribution in [1.29, 1.82) is 0 Å². The average Bonchev–Trinajstić information content (AvgIpc) is 3.21. The Morgan fingerprint density at radius 2 is 2.12 bits per heavy atom. The second-order valence-electron chi connectivity index (χ2n) is 6.93. The number of nitrogens with one attached hydrogen (secondary N) is 1. The van der Waals surface area contributed by atoms with E-state index in [1.807, 2.05) is 24.3 Å². The van der Waals surface area contributed by atoms with E-state index in [0.29, 0.717) is 24.8 Å². The van der Waals surface area contributed by atoms with Crippen LogP contribution in [0.25, 0.3) is 0 Å². The molecule has 2 bridgehead atoms. The Kier molecular flexibility index (Phi) is 5.38. The molecule has 3 atom stereocenters. The summed E-state index contributed by atoms with van der Waals surface area (Å²) in [6, 6.07) is 7.49. The van der Waals surface area contributed by atoms with E-state index in [2.05, 4.69) is 5.32 Å². The fourth-order valence-electron chi connectivity index (χ4n) is 4.08. The van der Waals surface area contributed by atoms with E-state index in [1.54, 1.807) is 7.11 Å². The number of methoxy groups -OCH3 is 1. The Bertz CT molecular complexity index is 601. The largest absolute Gasteiger partial charge is 0.497 e. The molecule has 0 unspecified atom stereocenters. The third kappa shape index (κ3) is 4.28. The second kappa shape index (κ2) is 7.69. The second-order valence-corrected chi connectivity index (χ2v) is 6.93. The van der Waals surface area contributed by atoms with Crippen molar-refractivity contribution in [3.8, 4) is 5.75 Å². The Balaban J connectivity index is 1.35. The lowest BCUT2D eigenvalue weighted by Crippen LogP contribution is -2.29. The highest BCUT2D eigenvalue weighted by atomic mass is 16.5. The highest BCUT2D eigenvalue weighted by Crippen LogP contribution is 2.49. The van der Waals surface area contributed by atoms with Crippen molar-refractivity contribution in [3.63, 3.8) is 0 Å². The maximum atomic E-state index is 11.9. The van der Waals surface area contributed by atoms with E-state index in [0.717, 1.165) is 23.7 Å². The van der Waals surface area contributed by atoms with Gasteiger partial charge in [-0.2, -0.15) is 0 Å². The van der Waals surface area contributed by atoms with Crippen LogP contribution in [-0.4, -0.2) is 25.6 Å². The minimum Gasteiger partial charge on any atom is -0.497 e. The van der Waals surface area contributed by atoms with Crippen LogP contribution in [-0.2, 0) is 20.9 Å². The number of rotatable bonds is 7. The summed E-state index contributed by atoms with van der Waals surface area (Å²) in [4.78, 5) is 23.7. The highest BCUT2D eigenvalue weighted by molar-refractivity contribution is 5.80. The first-order chi connectivity index (χ1) is 11.6. The fourth-order valence-corrected chi connectivity index (χ4v) is 4.08. The van der Waals surface area contributed by atoms with Gasteiger partial charge in [0.15, 0.2) is 6.61 Å². The Hall–Kier alpha value is -2.04. The molecule has 5 nitrogen and oxygen atoms in total. The first-order valence-electron chi connectivity index (χ1n) is 8.69. The van der Waals surface area contributed by atoms with Crippen LogP contribution in [0.5, 0.6) is 5.75 Å². The number of carbonyl (C=O) groups excluding carboxylic acids is 2. The summed E-state index contributed by atoms with van der Waals surface area (Å²) in [5.41, 5.74) is 0.941. The van der Waals surface area contributed by atoms with E-state index < -0.39 is 0 Å². The van der Waals surface area contributed by atoms with Gasteiger partial charge in [0.1, 0.15) is 5.75 Å². The van der Waals surface area contributed by atoms with E-state index in [9.17, 15) is 9.59 Å². The number of ether oxygens (including phenoxy) is 2. The van der Waals surface area contributed by atoms with Crippen molar-refractivity contribution in [2.75, 3.05) is 13.7 Å². The Morgan fingerprint density at radius 3 is 2.83 bits per heavy atom. The van der Waals surface area contributed by atoms with Crippen LogP contribution in [0.2, 0.25) is 0 Å². The molecule has 1 aromatic carbocycles. The van der Waals surface area contributed by atoms with Crippen molar-refractivity contribution >= 4 is 11.9 Å². The highest BCUT2D eigenvalue weighted by Gasteiger charge is 2.40. The number of benzene rings is 1. The number of amides is 1. The molecule has 0 saturated heterocycles. The van der Waals surface area contributed by atoms with Gasteiger partial charge < -0.3 is 14.8 Å². The molecular weight excluding hydrogens is 306 g/mol. The molecule has 1 amide bonds. The van der Waals surface area contributed by atoms with Gasteiger partial charge in [0.05, 0.1) is 7.11 Å². The van der Waals surface area contributed by atoms with Gasteiger partial charge in [-0.3, -0.25) is 9.59 Å². The van der Waals surface area contributed by atoms with Crippen molar-refractivity contribution in [1.82, 2.24) is 5.32 Å². The SMILES string of the molecule is COc1cccc(CNC(=O)COC(=O)C[C@@H]2C[C@@H]3CC[C@@H]2C3)c1. The third-order valence-electron chi connectivity index (χ3n) is 5.30. The van der Waals surface area contributed by atoms with E-state index in [-0.39, 0.29) is 18.5 Å². The molecule has 2 saturated carbocycles. The van der Waals surface area contributed by atoms with E-state index in [4.69, 9.17) is 9.47 Å². The molecular formula is C19H25NO4. The zero-order valence-corrected chi connectivity index (χ0v) is 14.1. The lowest BCUT2D eigenvalue weighted by Gasteiger charge is -2.20. The number of carbonyl (C=O) groups is 2. The number of hydrogen-bond donors (Lipinski definition) is 1. The lowest BCUT2D eigenvalue weighted by molar-refractivity contribution is -0.149. The lowest BCUT2D eigenvalue weighted by atomic mass is 9.86. The van der Waals surface area contributed by atoms with Crippen molar-refractivity contribution in [3.05, 3.63) is 29.8 Å². The van der Waals surface area contributed by atoms with Crippen molar-refractivity contribution in [2.24, 2.45) is 17.8 Å². The van der Waals surface area contributed by atoms with Gasteiger partial charge in [-0.15, -0.1) is 0 Å². The molecule has 0 aliphatic heterocycles. The summed E-state index contributed by atoms with van der Waals surface area (Å²) in [7, 11) is 1.60. The van der Waals surface area contributed by atoms with Gasteiger partial charge >= 0.3 is 5.97 Å². The van der Waals surface area contributed by atoms with Crippen LogP contribution in [0.4, 0.5) is 0 Å². The van der Waals surface area contributed by atoms with Gasteiger partial charge in [0.25, 0.3) is 5.91 Å². The molecule has 2 fully saturated rings. The van der Waals surface area contributed by atoms with Gasteiger partial charge in [-0.1, -0.05) is 18.6 Å². The number of fused-ring (bicyclic) bond motifs is 2. The quantitative estimate of drug-likeness (QED) is 0.780. The summed E-state index contributed by atoms with van der Waals surface area (Å²) in [6.45, 7) is 0.184. The molecule has 1 N–H and O–H groups in total. The number of esters is 1. The monoisotopic (exact) mass is 331 g/mol. The summed E-state index contributed by atoms with van der Waals surface area (Å²) in [6.07, 6.45) is 5.47. The van der Waals surface area contributed by atoms with Crippen LogP contribution >= 0.6 is 0 Å². The third-order valence-corrected chi connectivity index (χ3v) is 5.30. The van der Waals surface area contributed by atoms with Crippen LogP contribution in [0, 0.1) is 17.8 Å². The molecule has 130 valence electrons. The summed E-state index contributed by atoms with van der Waals surface area (Å²) >= 11 is 0. The molecule has 0 aromatic heterocycles. The van der Waals surface area contributed by atoms with E-state index in [1.165, 1.54) is 19.3 Å². The Morgan fingerprint density at radius 1 is 1.25 bits per heavy atom. The zero-order chi connectivity index (χ0) is 16.9. The van der Waals surface area contributed by atoms with Gasteiger partial charge in [-0.05, 0) is 54.7 Å². The molecule has 0 radical (unpaired) electrons. The first kappa shape index (κ1) is 16.8. The summed E-state index contributed by atoms with van der Waals surface area (Å²) in [5, 5.41) is 2.75. The van der Waals surface area contributed by atoms with Crippen LogP contribution < -0.4 is 10.1 Å². The first-order valence-corrected chi connectivity index (χ1v) is 8.69. The summed E-state index contributed by atoms with van der Waals surface area (Å²) in [5.74, 6) is 2.21. The smallest absolute Gasteiger partial charge is 0.306 e. The van der Waals surface area contributed by atoms with Crippen molar-refractivity contribution < 1.29 is 19.1 Å². The maximum absolute atomic E-state index is 11.9. The normalized spacial score (nSPS) is 24.6. The summed E-state index contributed by atoms with van der Waals surface area (Å²) < 4.78 is 10.3. The number of hydrogen-bond acceptors (Lipinski definition) is 4. The predicted molar refractivity (Wildman–Crippen MR) is 89.4 cm³/mol. The molecule has 24 heavy (non-hydrogen) atoms. The zero-order valence-electron chi connectivity index (χ0n) is 14.1. The maximum Gasteiger partial charge on any atom is 0.306 e. The van der Waals surface area contributed by atoms with Gasteiger partial charge in [0.2, 0.25) is 0 Å². The molecule has 0 heterocycles. The van der Waals surface area contributed by atoms with Crippen LogP contribution in [0.3, 0.4) is 0 Å². The minimum absolute atomic E-state index is 0.205. The topological polar surface area (TPSA) is 64.6 Å². The van der Waals surface area contributed by atoms with E-state index >= 15 is 0 Å². The minimum atomic E-state index is -0.279. The molecule has 2 aliphatic rings. The Labute approximate surface area is 142 Å².